The molecule has 1 rings (SSSR count). The quantitative estimate of drug-likeness (QED) is 0.825. The Labute approximate surface area is 116 Å². The molecule has 1 aromatic rings. The van der Waals surface area contributed by atoms with Gasteiger partial charge in [-0.05, 0) is 39.3 Å². The number of carbonyl (C=O) groups is 1. The third-order valence-corrected chi connectivity index (χ3v) is 3.30. The molecule has 108 valence electrons. The fourth-order valence-electron chi connectivity index (χ4n) is 2.18. The van der Waals surface area contributed by atoms with E-state index in [1.54, 1.807) is 0 Å². The van der Waals surface area contributed by atoms with E-state index in [-0.39, 0.29) is 17.9 Å². The van der Waals surface area contributed by atoms with Crippen molar-refractivity contribution in [2.45, 2.75) is 53.1 Å². The van der Waals surface area contributed by atoms with Gasteiger partial charge in [0.2, 0.25) is 5.91 Å². The molecule has 19 heavy (non-hydrogen) atoms. The Balaban J connectivity index is 2.79. The van der Waals surface area contributed by atoms with Crippen LogP contribution in [-0.4, -0.2) is 23.4 Å². The summed E-state index contributed by atoms with van der Waals surface area (Å²) in [4.78, 5) is 14.4. The van der Waals surface area contributed by atoms with Gasteiger partial charge in [-0.1, -0.05) is 13.3 Å². The number of furan rings is 1. The molecule has 4 heteroatoms. The van der Waals surface area contributed by atoms with Crippen LogP contribution in [0, 0.1) is 12.8 Å². The molecule has 0 aliphatic rings. The van der Waals surface area contributed by atoms with E-state index >= 15 is 0 Å². The van der Waals surface area contributed by atoms with Crippen molar-refractivity contribution >= 4 is 5.91 Å². The lowest BCUT2D eigenvalue weighted by atomic mass is 10.0. The first-order valence-electron chi connectivity index (χ1n) is 7.05. The Kier molecular flexibility index (Phi) is 6.09. The molecule has 0 fully saturated rings. The van der Waals surface area contributed by atoms with E-state index < -0.39 is 0 Å². The number of aryl methyl sites for hydroxylation is 1. The van der Waals surface area contributed by atoms with Crippen LogP contribution in [0.15, 0.2) is 16.5 Å². The smallest absolute Gasteiger partial charge is 0.227 e. The van der Waals surface area contributed by atoms with Gasteiger partial charge >= 0.3 is 0 Å². The number of hydrogen-bond acceptors (Lipinski definition) is 3. The SMILES string of the molecule is CCCC(CN)C(=O)N(Cc1ccc(C)o1)C(C)C. The van der Waals surface area contributed by atoms with Crippen molar-refractivity contribution in [3.05, 3.63) is 23.7 Å². The lowest BCUT2D eigenvalue weighted by Gasteiger charge is -2.29. The van der Waals surface area contributed by atoms with Crippen LogP contribution in [0.3, 0.4) is 0 Å². The van der Waals surface area contributed by atoms with Crippen LogP contribution < -0.4 is 5.73 Å². The van der Waals surface area contributed by atoms with Crippen LogP contribution in [0.2, 0.25) is 0 Å². The predicted molar refractivity (Wildman–Crippen MR) is 76.6 cm³/mol. The summed E-state index contributed by atoms with van der Waals surface area (Å²) in [5.74, 6) is 1.75. The number of nitrogens with two attached hydrogens (primary N) is 1. The first-order chi connectivity index (χ1) is 8.99. The first kappa shape index (κ1) is 15.8. The molecule has 2 N–H and O–H groups in total. The number of nitrogens with zero attached hydrogens (tertiary/aromatic N) is 1. The minimum Gasteiger partial charge on any atom is -0.464 e. The second kappa shape index (κ2) is 7.34. The molecule has 0 spiro atoms. The van der Waals surface area contributed by atoms with Gasteiger partial charge in [0.25, 0.3) is 0 Å². The van der Waals surface area contributed by atoms with Gasteiger partial charge < -0.3 is 15.1 Å². The van der Waals surface area contributed by atoms with Gasteiger partial charge in [-0.3, -0.25) is 4.79 Å². The van der Waals surface area contributed by atoms with Gasteiger partial charge in [0.05, 0.1) is 12.5 Å². The molecule has 0 bridgehead atoms. The molecule has 1 heterocycles. The molecule has 1 atom stereocenters. The van der Waals surface area contributed by atoms with Crippen molar-refractivity contribution in [2.24, 2.45) is 11.7 Å². The number of rotatable bonds is 7. The fourth-order valence-corrected chi connectivity index (χ4v) is 2.18. The van der Waals surface area contributed by atoms with Crippen molar-refractivity contribution < 1.29 is 9.21 Å². The van der Waals surface area contributed by atoms with E-state index in [2.05, 4.69) is 6.92 Å². The normalized spacial score (nSPS) is 12.7. The number of hydrogen-bond donors (Lipinski definition) is 1. The van der Waals surface area contributed by atoms with Crippen LogP contribution in [-0.2, 0) is 11.3 Å². The highest BCUT2D eigenvalue weighted by molar-refractivity contribution is 5.79. The van der Waals surface area contributed by atoms with E-state index in [4.69, 9.17) is 10.2 Å². The highest BCUT2D eigenvalue weighted by atomic mass is 16.3. The fraction of sp³-hybridized carbons (Fsp3) is 0.667. The Morgan fingerprint density at radius 1 is 1.42 bits per heavy atom. The second-order valence-corrected chi connectivity index (χ2v) is 5.29. The van der Waals surface area contributed by atoms with Crippen LogP contribution in [0.25, 0.3) is 0 Å². The van der Waals surface area contributed by atoms with Gasteiger partial charge in [-0.2, -0.15) is 0 Å². The monoisotopic (exact) mass is 266 g/mol. The Morgan fingerprint density at radius 2 is 2.11 bits per heavy atom. The van der Waals surface area contributed by atoms with E-state index in [1.165, 1.54) is 0 Å². The van der Waals surface area contributed by atoms with Crippen LogP contribution in [0.4, 0.5) is 0 Å². The number of amides is 1. The average molecular weight is 266 g/mol. The summed E-state index contributed by atoms with van der Waals surface area (Å²) in [6.45, 7) is 8.95. The maximum absolute atomic E-state index is 12.5. The van der Waals surface area contributed by atoms with E-state index in [1.807, 2.05) is 37.8 Å². The van der Waals surface area contributed by atoms with Crippen LogP contribution >= 0.6 is 0 Å². The minimum absolute atomic E-state index is 0.0801. The summed E-state index contributed by atoms with van der Waals surface area (Å²) in [5.41, 5.74) is 5.72. The zero-order valence-corrected chi connectivity index (χ0v) is 12.5. The van der Waals surface area contributed by atoms with Crippen molar-refractivity contribution in [3.63, 3.8) is 0 Å². The molecule has 0 radical (unpaired) electrons. The van der Waals surface area contributed by atoms with Crippen molar-refractivity contribution in [2.75, 3.05) is 6.54 Å². The van der Waals surface area contributed by atoms with E-state index in [0.29, 0.717) is 13.1 Å². The Bertz CT molecular complexity index is 399. The first-order valence-corrected chi connectivity index (χ1v) is 7.05. The summed E-state index contributed by atoms with van der Waals surface area (Å²) in [7, 11) is 0. The average Bonchev–Trinajstić information content (AvgIpc) is 2.77. The molecule has 1 amide bonds. The molecule has 0 aliphatic heterocycles. The minimum atomic E-state index is -0.0801. The lowest BCUT2D eigenvalue weighted by Crippen LogP contribution is -2.42. The largest absolute Gasteiger partial charge is 0.464 e. The summed E-state index contributed by atoms with van der Waals surface area (Å²) in [6.07, 6.45) is 1.81. The summed E-state index contributed by atoms with van der Waals surface area (Å²) < 4.78 is 5.56. The van der Waals surface area contributed by atoms with Crippen molar-refractivity contribution in [3.8, 4) is 0 Å². The Hall–Kier alpha value is -1.29. The van der Waals surface area contributed by atoms with Crippen molar-refractivity contribution in [1.82, 2.24) is 4.90 Å². The van der Waals surface area contributed by atoms with Crippen LogP contribution in [0.1, 0.15) is 45.1 Å². The molecule has 1 aromatic heterocycles. The Morgan fingerprint density at radius 3 is 2.53 bits per heavy atom. The topological polar surface area (TPSA) is 59.5 Å². The summed E-state index contributed by atoms with van der Waals surface area (Å²) >= 11 is 0. The van der Waals surface area contributed by atoms with Gasteiger partial charge in [0, 0.05) is 12.6 Å². The zero-order chi connectivity index (χ0) is 14.4. The lowest BCUT2D eigenvalue weighted by molar-refractivity contribution is -0.138. The third-order valence-electron chi connectivity index (χ3n) is 3.30. The molecule has 1 unspecified atom stereocenters. The highest BCUT2D eigenvalue weighted by Crippen LogP contribution is 2.17. The standard InChI is InChI=1S/C15H26N2O2/c1-5-6-13(9-16)15(18)17(11(2)3)10-14-8-7-12(4)19-14/h7-8,11,13H,5-6,9-10,16H2,1-4H3. The molecular formula is C15H26N2O2. The summed E-state index contributed by atoms with van der Waals surface area (Å²) in [5, 5.41) is 0. The maximum Gasteiger partial charge on any atom is 0.227 e. The van der Waals surface area contributed by atoms with Crippen molar-refractivity contribution in [1.29, 1.82) is 0 Å². The molecule has 0 aliphatic carbocycles. The predicted octanol–water partition coefficient (Wildman–Crippen LogP) is 2.70. The van der Waals surface area contributed by atoms with Gasteiger partial charge in [0.1, 0.15) is 11.5 Å². The molecule has 0 saturated carbocycles. The maximum atomic E-state index is 12.5. The number of carbonyl (C=O) groups excluding carboxylic acids is 1. The van der Waals surface area contributed by atoms with E-state index in [9.17, 15) is 4.79 Å². The second-order valence-electron chi connectivity index (χ2n) is 5.29. The molecule has 0 saturated heterocycles. The van der Waals surface area contributed by atoms with Gasteiger partial charge in [-0.15, -0.1) is 0 Å². The van der Waals surface area contributed by atoms with Gasteiger partial charge in [0.15, 0.2) is 0 Å². The molecular weight excluding hydrogens is 240 g/mol. The molecule has 0 aromatic carbocycles. The van der Waals surface area contributed by atoms with Gasteiger partial charge in [-0.25, -0.2) is 0 Å². The zero-order valence-electron chi connectivity index (χ0n) is 12.5. The summed E-state index contributed by atoms with van der Waals surface area (Å²) in [6, 6.07) is 3.99. The highest BCUT2D eigenvalue weighted by Gasteiger charge is 2.25. The molecule has 4 nitrogen and oxygen atoms in total. The van der Waals surface area contributed by atoms with E-state index in [0.717, 1.165) is 24.4 Å². The van der Waals surface area contributed by atoms with Crippen LogP contribution in [0.5, 0.6) is 0 Å². The third kappa shape index (κ3) is 4.39.